The van der Waals surface area contributed by atoms with Crippen molar-refractivity contribution < 1.29 is 5.21 Å². The first-order valence-electron chi connectivity index (χ1n) is 5.31. The molecule has 3 heteroatoms. The van der Waals surface area contributed by atoms with Crippen LogP contribution in [0.4, 0.5) is 5.69 Å². The standard InChI is InChI=1S/C12H16N2O/c1-3-9-4-5-12-10(8-9)11(13-15)6-7-14(12)2/h4-5,8,15H,3,6-7H2,1-2H3. The molecule has 3 nitrogen and oxygen atoms in total. The van der Waals surface area contributed by atoms with Crippen molar-refractivity contribution in [3.8, 4) is 0 Å². The zero-order chi connectivity index (χ0) is 10.8. The van der Waals surface area contributed by atoms with E-state index in [0.717, 1.165) is 36.3 Å². The van der Waals surface area contributed by atoms with Crippen LogP contribution in [0.25, 0.3) is 0 Å². The van der Waals surface area contributed by atoms with Crippen LogP contribution in [0.2, 0.25) is 0 Å². The number of hydrogen-bond donors (Lipinski definition) is 1. The van der Waals surface area contributed by atoms with Crippen LogP contribution in [0.15, 0.2) is 23.4 Å². The van der Waals surface area contributed by atoms with Crippen LogP contribution in [-0.4, -0.2) is 24.5 Å². The molecule has 1 aliphatic rings. The van der Waals surface area contributed by atoms with Gasteiger partial charge >= 0.3 is 0 Å². The molecule has 1 aromatic carbocycles. The maximum atomic E-state index is 8.96. The smallest absolute Gasteiger partial charge is 0.0906 e. The molecule has 0 radical (unpaired) electrons. The summed E-state index contributed by atoms with van der Waals surface area (Å²) in [7, 11) is 2.07. The van der Waals surface area contributed by atoms with E-state index in [-0.39, 0.29) is 0 Å². The first-order valence-corrected chi connectivity index (χ1v) is 5.31. The minimum Gasteiger partial charge on any atom is -0.411 e. The second-order valence-corrected chi connectivity index (χ2v) is 3.92. The molecule has 80 valence electrons. The van der Waals surface area contributed by atoms with Gasteiger partial charge in [0.15, 0.2) is 0 Å². The fourth-order valence-electron chi connectivity index (χ4n) is 2.00. The highest BCUT2D eigenvalue weighted by atomic mass is 16.4. The molecule has 0 atom stereocenters. The summed E-state index contributed by atoms with van der Waals surface area (Å²) < 4.78 is 0. The van der Waals surface area contributed by atoms with Crippen molar-refractivity contribution in [2.45, 2.75) is 19.8 Å². The van der Waals surface area contributed by atoms with Crippen molar-refractivity contribution in [2.75, 3.05) is 18.5 Å². The Balaban J connectivity index is 2.53. The third-order valence-corrected chi connectivity index (χ3v) is 3.00. The van der Waals surface area contributed by atoms with Gasteiger partial charge in [-0.25, -0.2) is 0 Å². The van der Waals surface area contributed by atoms with Crippen LogP contribution in [0.1, 0.15) is 24.5 Å². The Morgan fingerprint density at radius 3 is 2.93 bits per heavy atom. The lowest BCUT2D eigenvalue weighted by molar-refractivity contribution is 0.318. The summed E-state index contributed by atoms with van der Waals surface area (Å²) in [6.07, 6.45) is 1.82. The monoisotopic (exact) mass is 204 g/mol. The molecule has 0 aliphatic carbocycles. The molecule has 0 saturated heterocycles. The second-order valence-electron chi connectivity index (χ2n) is 3.92. The highest BCUT2D eigenvalue weighted by Crippen LogP contribution is 2.27. The lowest BCUT2D eigenvalue weighted by Crippen LogP contribution is -2.28. The van der Waals surface area contributed by atoms with Gasteiger partial charge in [-0.15, -0.1) is 0 Å². The van der Waals surface area contributed by atoms with Gasteiger partial charge in [-0.1, -0.05) is 18.1 Å². The van der Waals surface area contributed by atoms with E-state index >= 15 is 0 Å². The van der Waals surface area contributed by atoms with Crippen LogP contribution in [-0.2, 0) is 6.42 Å². The first kappa shape index (κ1) is 10.0. The molecular formula is C12H16N2O. The quantitative estimate of drug-likeness (QED) is 0.562. The van der Waals surface area contributed by atoms with Gasteiger partial charge in [-0.05, 0) is 24.1 Å². The SMILES string of the molecule is CCc1ccc2c(c1)C(=NO)CCN2C. The zero-order valence-electron chi connectivity index (χ0n) is 9.20. The number of anilines is 1. The molecule has 1 N–H and O–H groups in total. The molecule has 1 heterocycles. The molecule has 0 spiro atoms. The summed E-state index contributed by atoms with van der Waals surface area (Å²) >= 11 is 0. The van der Waals surface area contributed by atoms with Gasteiger partial charge in [0.1, 0.15) is 0 Å². The van der Waals surface area contributed by atoms with Crippen molar-refractivity contribution in [3.05, 3.63) is 29.3 Å². The summed E-state index contributed by atoms with van der Waals surface area (Å²) in [4.78, 5) is 2.20. The predicted octanol–water partition coefficient (Wildman–Crippen LogP) is 2.27. The first-order chi connectivity index (χ1) is 7.26. The lowest BCUT2D eigenvalue weighted by atomic mass is 9.97. The number of nitrogens with zero attached hydrogens (tertiary/aromatic N) is 2. The van der Waals surface area contributed by atoms with Crippen molar-refractivity contribution in [1.29, 1.82) is 0 Å². The Kier molecular flexibility index (Phi) is 2.62. The highest BCUT2D eigenvalue weighted by molar-refractivity contribution is 6.06. The number of aryl methyl sites for hydroxylation is 1. The van der Waals surface area contributed by atoms with Crippen molar-refractivity contribution in [2.24, 2.45) is 5.16 Å². The predicted molar refractivity (Wildman–Crippen MR) is 62.0 cm³/mol. The van der Waals surface area contributed by atoms with Gasteiger partial charge in [0.25, 0.3) is 0 Å². The minimum absolute atomic E-state index is 0.804. The Hall–Kier alpha value is -1.51. The van der Waals surface area contributed by atoms with E-state index in [1.165, 1.54) is 5.56 Å². The fourth-order valence-corrected chi connectivity index (χ4v) is 2.00. The van der Waals surface area contributed by atoms with Crippen LogP contribution in [0.3, 0.4) is 0 Å². The minimum atomic E-state index is 0.804. The maximum absolute atomic E-state index is 8.96. The molecule has 0 unspecified atom stereocenters. The fraction of sp³-hybridized carbons (Fsp3) is 0.417. The van der Waals surface area contributed by atoms with E-state index in [0.29, 0.717) is 0 Å². The van der Waals surface area contributed by atoms with E-state index in [9.17, 15) is 0 Å². The molecule has 15 heavy (non-hydrogen) atoms. The van der Waals surface area contributed by atoms with Crippen molar-refractivity contribution in [3.63, 3.8) is 0 Å². The third kappa shape index (κ3) is 1.69. The molecule has 0 fully saturated rings. The lowest BCUT2D eigenvalue weighted by Gasteiger charge is -2.28. The largest absolute Gasteiger partial charge is 0.411 e. The van der Waals surface area contributed by atoms with E-state index in [1.54, 1.807) is 0 Å². The maximum Gasteiger partial charge on any atom is 0.0906 e. The van der Waals surface area contributed by atoms with Gasteiger partial charge in [0, 0.05) is 31.3 Å². The number of hydrogen-bond acceptors (Lipinski definition) is 3. The summed E-state index contributed by atoms with van der Waals surface area (Å²) in [5.41, 5.74) is 4.32. The van der Waals surface area contributed by atoms with Crippen LogP contribution in [0.5, 0.6) is 0 Å². The number of fused-ring (bicyclic) bond motifs is 1. The van der Waals surface area contributed by atoms with E-state index < -0.39 is 0 Å². The topological polar surface area (TPSA) is 35.8 Å². The Labute approximate surface area is 90.0 Å². The Bertz CT molecular complexity index is 399. The number of benzene rings is 1. The summed E-state index contributed by atoms with van der Waals surface area (Å²) in [6, 6.07) is 6.37. The van der Waals surface area contributed by atoms with Crippen LogP contribution in [0, 0.1) is 0 Å². The number of oxime groups is 1. The third-order valence-electron chi connectivity index (χ3n) is 3.00. The average molecular weight is 204 g/mol. The van der Waals surface area contributed by atoms with Gasteiger partial charge in [-0.2, -0.15) is 0 Å². The normalized spacial score (nSPS) is 18.0. The summed E-state index contributed by atoms with van der Waals surface area (Å²) in [5, 5.41) is 12.3. The van der Waals surface area contributed by atoms with Crippen molar-refractivity contribution in [1.82, 2.24) is 0 Å². The van der Waals surface area contributed by atoms with Crippen molar-refractivity contribution >= 4 is 11.4 Å². The molecule has 2 rings (SSSR count). The number of rotatable bonds is 1. The molecular weight excluding hydrogens is 188 g/mol. The highest BCUT2D eigenvalue weighted by Gasteiger charge is 2.19. The molecule has 0 bridgehead atoms. The molecule has 0 aromatic heterocycles. The molecule has 1 aliphatic heterocycles. The Morgan fingerprint density at radius 1 is 1.47 bits per heavy atom. The molecule has 1 aromatic rings. The van der Waals surface area contributed by atoms with Gasteiger partial charge in [0.2, 0.25) is 0 Å². The van der Waals surface area contributed by atoms with E-state index in [4.69, 9.17) is 5.21 Å². The summed E-state index contributed by atoms with van der Waals surface area (Å²) in [6.45, 7) is 3.04. The zero-order valence-corrected chi connectivity index (χ0v) is 9.20. The second kappa shape index (κ2) is 3.93. The molecule has 0 saturated carbocycles. The van der Waals surface area contributed by atoms with E-state index in [2.05, 4.69) is 42.2 Å². The average Bonchev–Trinajstić information content (AvgIpc) is 2.29. The van der Waals surface area contributed by atoms with Crippen LogP contribution < -0.4 is 4.90 Å². The van der Waals surface area contributed by atoms with E-state index in [1.807, 2.05) is 0 Å². The van der Waals surface area contributed by atoms with Gasteiger partial charge < -0.3 is 10.1 Å². The molecule has 0 amide bonds. The van der Waals surface area contributed by atoms with Crippen LogP contribution >= 0.6 is 0 Å². The van der Waals surface area contributed by atoms with Gasteiger partial charge in [-0.3, -0.25) is 0 Å². The summed E-state index contributed by atoms with van der Waals surface area (Å²) in [5.74, 6) is 0. The van der Waals surface area contributed by atoms with Gasteiger partial charge in [0.05, 0.1) is 5.71 Å². The Morgan fingerprint density at radius 2 is 2.27 bits per heavy atom.